The van der Waals surface area contributed by atoms with Crippen LogP contribution in [-0.2, 0) is 22.0 Å². The number of nitrogens with two attached hydrogens (primary N) is 1. The lowest BCUT2D eigenvalue weighted by Gasteiger charge is -2.33. The van der Waals surface area contributed by atoms with Gasteiger partial charge >= 0.3 is 6.11 Å². The molecule has 0 spiro atoms. The molecule has 0 radical (unpaired) electrons. The molecule has 2 N–H and O–H groups in total. The normalized spacial score (nSPS) is 20.1. The molecule has 0 saturated carbocycles. The molecule has 0 fully saturated rings. The first kappa shape index (κ1) is 25.4. The number of hydrogen-bond donors (Lipinski definition) is 1. The fourth-order valence-electron chi connectivity index (χ4n) is 3.71. The Morgan fingerprint density at radius 2 is 2.00 bits per heavy atom. The lowest BCUT2D eigenvalue weighted by atomic mass is 10.0. The minimum absolute atomic E-state index is 0.0230. The van der Waals surface area contributed by atoms with Gasteiger partial charge in [0.15, 0.2) is 5.76 Å². The van der Waals surface area contributed by atoms with Crippen LogP contribution in [0, 0.1) is 0 Å². The number of ether oxygens (including phenoxy) is 1. The summed E-state index contributed by atoms with van der Waals surface area (Å²) >= 11 is 7.73. The topological polar surface area (TPSA) is 111 Å². The number of hydrogen-bond acceptors (Lipinski definition) is 8. The van der Waals surface area contributed by atoms with Crippen molar-refractivity contribution in [1.82, 2.24) is 9.29 Å². The summed E-state index contributed by atoms with van der Waals surface area (Å²) in [6, 6.07) is 7.73. The molecule has 2 aromatic heterocycles. The molecule has 0 aliphatic carbocycles. The monoisotopic (exact) mass is 544 g/mol. The van der Waals surface area contributed by atoms with Gasteiger partial charge in [0.05, 0.1) is 26.2 Å². The van der Waals surface area contributed by atoms with Gasteiger partial charge in [-0.15, -0.1) is 11.3 Å². The first-order valence-electron chi connectivity index (χ1n) is 10.5. The highest BCUT2D eigenvalue weighted by Gasteiger charge is 2.42. The third-order valence-electron chi connectivity index (χ3n) is 5.40. The molecular formula is C22H23ClF2N4O4S2. The smallest absolute Gasteiger partial charge is 0.394 e. The Kier molecular flexibility index (Phi) is 6.35. The van der Waals surface area contributed by atoms with Crippen molar-refractivity contribution in [2.75, 3.05) is 12.8 Å². The number of guanidine groups is 1. The summed E-state index contributed by atoms with van der Waals surface area (Å²) < 4.78 is 62.9. The number of nitrogens with zero attached hydrogens (tertiary/aromatic N) is 3. The van der Waals surface area contributed by atoms with Crippen LogP contribution in [0.1, 0.15) is 31.3 Å². The zero-order chi connectivity index (χ0) is 25.8. The average Bonchev–Trinajstić information content (AvgIpc) is 3.35. The molecule has 0 amide bonds. The number of halogens is 3. The third kappa shape index (κ3) is 5.00. The van der Waals surface area contributed by atoms with Crippen LogP contribution in [0.5, 0.6) is 5.75 Å². The molecule has 3 aromatic rings. The standard InChI is InChI=1S/C22H23ClF2N4O4S2/c1-5-15-17(12-6-8-13(9-7-12)33-22(3,24)25)32-19(27-15)16-10-14(23)18(34-16)21(2)11-35(30,31)29(4)20(26)28-21/h6-10H,5,11H2,1-4H3,(H2,26,28). The lowest BCUT2D eigenvalue weighted by molar-refractivity contribution is -0.158. The second kappa shape index (κ2) is 8.75. The van der Waals surface area contributed by atoms with Crippen LogP contribution in [0.4, 0.5) is 8.78 Å². The molecule has 35 heavy (non-hydrogen) atoms. The first-order chi connectivity index (χ1) is 16.2. The summed E-state index contributed by atoms with van der Waals surface area (Å²) in [5.74, 6) is 0.393. The predicted molar refractivity (Wildman–Crippen MR) is 131 cm³/mol. The van der Waals surface area contributed by atoms with Gasteiger partial charge in [-0.25, -0.2) is 22.7 Å². The molecule has 1 aliphatic rings. The maximum Gasteiger partial charge on any atom is 0.394 e. The van der Waals surface area contributed by atoms with E-state index < -0.39 is 21.7 Å². The SMILES string of the molecule is CCc1nc(-c2cc(Cl)c(C3(C)CS(=O)(=O)N(C)C(N)=N3)s2)oc1-c1ccc(OC(C)(F)F)cc1. The van der Waals surface area contributed by atoms with Gasteiger partial charge in [-0.2, -0.15) is 8.78 Å². The number of aliphatic imine (C=N–C) groups is 1. The molecule has 0 saturated heterocycles. The van der Waals surface area contributed by atoms with E-state index in [1.807, 2.05) is 6.92 Å². The van der Waals surface area contributed by atoms with Gasteiger partial charge in [0.25, 0.3) is 0 Å². The van der Waals surface area contributed by atoms with E-state index in [9.17, 15) is 17.2 Å². The van der Waals surface area contributed by atoms with E-state index in [0.29, 0.717) is 51.0 Å². The van der Waals surface area contributed by atoms with Crippen LogP contribution in [0.25, 0.3) is 22.1 Å². The van der Waals surface area contributed by atoms with Crippen molar-refractivity contribution in [3.05, 3.63) is 45.9 Å². The van der Waals surface area contributed by atoms with Gasteiger partial charge in [-0.1, -0.05) is 18.5 Å². The van der Waals surface area contributed by atoms with E-state index in [0.717, 1.165) is 4.31 Å². The lowest BCUT2D eigenvalue weighted by Crippen LogP contribution is -2.50. The average molecular weight is 545 g/mol. The Bertz CT molecular complexity index is 1400. The van der Waals surface area contributed by atoms with Crippen molar-refractivity contribution in [3.8, 4) is 27.8 Å². The number of alkyl halides is 2. The maximum atomic E-state index is 13.1. The molecule has 188 valence electrons. The molecular weight excluding hydrogens is 522 g/mol. The number of aromatic nitrogens is 1. The molecule has 1 unspecified atom stereocenters. The number of thiophene rings is 1. The number of oxazole rings is 1. The molecule has 0 bridgehead atoms. The molecule has 1 aliphatic heterocycles. The largest absolute Gasteiger partial charge is 0.435 e. The molecule has 1 aromatic carbocycles. The number of aryl methyl sites for hydroxylation is 1. The Balaban J connectivity index is 1.70. The van der Waals surface area contributed by atoms with Crippen LogP contribution in [0.2, 0.25) is 5.02 Å². The van der Waals surface area contributed by atoms with E-state index in [-0.39, 0.29) is 17.5 Å². The summed E-state index contributed by atoms with van der Waals surface area (Å²) in [6.45, 7) is 4.24. The Labute approximate surface area is 210 Å². The van der Waals surface area contributed by atoms with E-state index >= 15 is 0 Å². The number of sulfonamides is 1. The van der Waals surface area contributed by atoms with Crippen LogP contribution < -0.4 is 10.5 Å². The summed E-state index contributed by atoms with van der Waals surface area (Å²) in [5.41, 5.74) is 5.99. The molecule has 3 heterocycles. The van der Waals surface area contributed by atoms with Gasteiger partial charge in [-0.05, 0) is 43.7 Å². The van der Waals surface area contributed by atoms with Crippen LogP contribution in [0.3, 0.4) is 0 Å². The van der Waals surface area contributed by atoms with Crippen molar-refractivity contribution in [1.29, 1.82) is 0 Å². The number of benzene rings is 1. The minimum atomic E-state index is -3.67. The quantitative estimate of drug-likeness (QED) is 0.463. The van der Waals surface area contributed by atoms with Crippen LogP contribution in [0.15, 0.2) is 39.7 Å². The minimum Gasteiger partial charge on any atom is -0.435 e. The second-order valence-electron chi connectivity index (χ2n) is 8.34. The van der Waals surface area contributed by atoms with E-state index in [1.54, 1.807) is 25.1 Å². The van der Waals surface area contributed by atoms with Gasteiger partial charge in [-0.3, -0.25) is 0 Å². The van der Waals surface area contributed by atoms with Gasteiger partial charge in [0.2, 0.25) is 21.9 Å². The highest BCUT2D eigenvalue weighted by molar-refractivity contribution is 7.89. The van der Waals surface area contributed by atoms with Gasteiger partial charge in [0.1, 0.15) is 11.3 Å². The summed E-state index contributed by atoms with van der Waals surface area (Å²) in [6.07, 6.45) is -2.73. The number of rotatable bonds is 6. The summed E-state index contributed by atoms with van der Waals surface area (Å²) in [4.78, 5) is 10.1. The summed E-state index contributed by atoms with van der Waals surface area (Å²) in [5, 5.41) is 0.323. The van der Waals surface area contributed by atoms with Crippen LogP contribution in [-0.4, -0.2) is 42.6 Å². The van der Waals surface area contributed by atoms with Gasteiger partial charge in [0, 0.05) is 19.5 Å². The van der Waals surface area contributed by atoms with Crippen molar-refractivity contribution in [2.24, 2.45) is 10.7 Å². The van der Waals surface area contributed by atoms with E-state index in [1.165, 1.54) is 30.5 Å². The fourth-order valence-corrected chi connectivity index (χ4v) is 6.80. The maximum absolute atomic E-state index is 13.1. The molecule has 8 nitrogen and oxygen atoms in total. The van der Waals surface area contributed by atoms with Crippen LogP contribution >= 0.6 is 22.9 Å². The highest BCUT2D eigenvalue weighted by atomic mass is 35.5. The fraction of sp³-hybridized carbons (Fsp3) is 0.364. The Morgan fingerprint density at radius 1 is 1.34 bits per heavy atom. The van der Waals surface area contributed by atoms with Gasteiger partial charge < -0.3 is 14.9 Å². The highest BCUT2D eigenvalue weighted by Crippen LogP contribution is 2.45. The van der Waals surface area contributed by atoms with Crippen molar-refractivity contribution in [2.45, 2.75) is 38.8 Å². The summed E-state index contributed by atoms with van der Waals surface area (Å²) in [7, 11) is -2.32. The Hall–Kier alpha value is -2.70. The zero-order valence-electron chi connectivity index (χ0n) is 19.3. The molecule has 4 rings (SSSR count). The third-order valence-corrected chi connectivity index (χ3v) is 9.13. The van der Waals surface area contributed by atoms with Crippen molar-refractivity contribution >= 4 is 38.9 Å². The van der Waals surface area contributed by atoms with E-state index in [2.05, 4.69) is 14.7 Å². The predicted octanol–water partition coefficient (Wildman–Crippen LogP) is 5.08. The van der Waals surface area contributed by atoms with Crippen molar-refractivity contribution < 1.29 is 26.4 Å². The second-order valence-corrected chi connectivity index (χ2v) is 11.8. The molecule has 13 heteroatoms. The molecule has 1 atom stereocenters. The Morgan fingerprint density at radius 3 is 2.57 bits per heavy atom. The first-order valence-corrected chi connectivity index (χ1v) is 13.3. The zero-order valence-corrected chi connectivity index (χ0v) is 21.7. The van der Waals surface area contributed by atoms with Crippen molar-refractivity contribution in [3.63, 3.8) is 0 Å². The van der Waals surface area contributed by atoms with E-state index in [4.69, 9.17) is 21.8 Å².